The van der Waals surface area contributed by atoms with Gasteiger partial charge in [-0.25, -0.2) is 9.67 Å². The number of anilines is 1. The lowest BCUT2D eigenvalue weighted by atomic mass is 10.3. The van der Waals surface area contributed by atoms with Gasteiger partial charge in [-0.15, -0.1) is 0 Å². The van der Waals surface area contributed by atoms with Crippen molar-refractivity contribution in [2.24, 2.45) is 0 Å². The van der Waals surface area contributed by atoms with Crippen molar-refractivity contribution in [1.29, 1.82) is 0 Å². The van der Waals surface area contributed by atoms with E-state index in [4.69, 9.17) is 16.3 Å². The molecule has 2 aromatic carbocycles. The van der Waals surface area contributed by atoms with Crippen molar-refractivity contribution in [3.63, 3.8) is 0 Å². The van der Waals surface area contributed by atoms with Crippen LogP contribution in [0.2, 0.25) is 5.02 Å². The van der Waals surface area contributed by atoms with Crippen molar-refractivity contribution in [1.82, 2.24) is 14.8 Å². The molecule has 2 heterocycles. The first kappa shape index (κ1) is 21.5. The van der Waals surface area contributed by atoms with Gasteiger partial charge >= 0.3 is 6.61 Å². The van der Waals surface area contributed by atoms with Crippen LogP contribution in [0.25, 0.3) is 10.2 Å². The predicted octanol–water partition coefficient (Wildman–Crippen LogP) is 5.80. The third kappa shape index (κ3) is 5.30. The molecule has 160 valence electrons. The van der Waals surface area contributed by atoms with E-state index in [2.05, 4.69) is 36.1 Å². The van der Waals surface area contributed by atoms with Gasteiger partial charge in [-0.3, -0.25) is 10.1 Å². The Bertz CT molecular complexity index is 1250. The number of carbonyl (C=O) groups excluding carboxylic acids is 1. The van der Waals surface area contributed by atoms with E-state index >= 15 is 0 Å². The second-order valence-corrected chi connectivity index (χ2v) is 8.39. The van der Waals surface area contributed by atoms with Gasteiger partial charge in [-0.2, -0.15) is 13.9 Å². The van der Waals surface area contributed by atoms with E-state index in [1.54, 1.807) is 30.5 Å². The maximum absolute atomic E-state index is 12.5. The van der Waals surface area contributed by atoms with Crippen LogP contribution in [-0.4, -0.2) is 27.3 Å². The normalized spacial score (nSPS) is 11.1. The summed E-state index contributed by atoms with van der Waals surface area (Å²) in [5.74, 6) is 0.139. The zero-order valence-corrected chi connectivity index (χ0v) is 18.5. The fourth-order valence-corrected chi connectivity index (χ4v) is 4.26. The van der Waals surface area contributed by atoms with E-state index in [-0.39, 0.29) is 18.2 Å². The molecule has 0 saturated heterocycles. The van der Waals surface area contributed by atoms with Crippen molar-refractivity contribution in [2.75, 3.05) is 5.32 Å². The molecule has 1 N–H and O–H groups in total. The van der Waals surface area contributed by atoms with Gasteiger partial charge < -0.3 is 9.47 Å². The van der Waals surface area contributed by atoms with Crippen LogP contribution in [0.3, 0.4) is 0 Å². The van der Waals surface area contributed by atoms with Crippen LogP contribution in [0.4, 0.5) is 13.9 Å². The summed E-state index contributed by atoms with van der Waals surface area (Å²) in [5.41, 5.74) is 0.717. The average molecular weight is 530 g/mol. The molecular weight excluding hydrogens is 518 g/mol. The molecule has 0 aliphatic heterocycles. The zero-order chi connectivity index (χ0) is 22.0. The Labute approximate surface area is 191 Å². The lowest BCUT2D eigenvalue weighted by molar-refractivity contribution is -0.0497. The summed E-state index contributed by atoms with van der Waals surface area (Å²) in [6, 6.07) is 11.0. The molecule has 4 rings (SSSR count). The lowest BCUT2D eigenvalue weighted by Gasteiger charge is -2.08. The van der Waals surface area contributed by atoms with Gasteiger partial charge in [-0.1, -0.05) is 22.9 Å². The van der Waals surface area contributed by atoms with Crippen LogP contribution >= 0.6 is 38.9 Å². The second kappa shape index (κ2) is 9.16. The minimum Gasteiger partial charge on any atom is -0.470 e. The third-order valence-corrected chi connectivity index (χ3v) is 5.71. The molecule has 0 unspecified atom stereocenters. The quantitative estimate of drug-likeness (QED) is 0.327. The summed E-state index contributed by atoms with van der Waals surface area (Å²) in [7, 11) is 0. The number of thiazole rings is 1. The Balaban J connectivity index is 1.40. The van der Waals surface area contributed by atoms with E-state index in [0.717, 1.165) is 11.3 Å². The van der Waals surface area contributed by atoms with Crippen molar-refractivity contribution >= 4 is 60.1 Å². The first-order valence-electron chi connectivity index (χ1n) is 8.65. The summed E-state index contributed by atoms with van der Waals surface area (Å²) in [5, 5.41) is 7.72. The van der Waals surface area contributed by atoms with E-state index < -0.39 is 12.5 Å². The summed E-state index contributed by atoms with van der Waals surface area (Å²) >= 11 is 10.4. The number of aromatic nitrogens is 3. The second-order valence-electron chi connectivity index (χ2n) is 6.07. The Morgan fingerprint density at radius 3 is 2.87 bits per heavy atom. The number of fused-ring (bicyclic) bond motifs is 1. The summed E-state index contributed by atoms with van der Waals surface area (Å²) in [4.78, 5) is 16.7. The van der Waals surface area contributed by atoms with Crippen LogP contribution in [0.5, 0.6) is 11.5 Å². The lowest BCUT2D eigenvalue weighted by Crippen LogP contribution is -2.14. The molecule has 12 heteroatoms. The Morgan fingerprint density at radius 2 is 2.10 bits per heavy atom. The fraction of sp³-hybridized carbons (Fsp3) is 0.105. The smallest absolute Gasteiger partial charge is 0.387 e. The van der Waals surface area contributed by atoms with Crippen molar-refractivity contribution in [3.8, 4) is 11.5 Å². The van der Waals surface area contributed by atoms with Gasteiger partial charge in [0.1, 0.15) is 11.5 Å². The highest BCUT2D eigenvalue weighted by Gasteiger charge is 2.14. The van der Waals surface area contributed by atoms with Gasteiger partial charge in [-0.05, 0) is 58.4 Å². The monoisotopic (exact) mass is 528 g/mol. The van der Waals surface area contributed by atoms with Gasteiger partial charge in [0.25, 0.3) is 5.91 Å². The number of carbonyl (C=O) groups is 1. The van der Waals surface area contributed by atoms with Crippen LogP contribution in [0.1, 0.15) is 10.5 Å². The molecule has 31 heavy (non-hydrogen) atoms. The summed E-state index contributed by atoms with van der Waals surface area (Å²) < 4.78 is 37.5. The fourth-order valence-electron chi connectivity index (χ4n) is 2.58. The Kier molecular flexibility index (Phi) is 6.35. The number of ether oxygens (including phenoxy) is 2. The Morgan fingerprint density at radius 1 is 1.26 bits per heavy atom. The number of benzene rings is 2. The third-order valence-electron chi connectivity index (χ3n) is 3.93. The van der Waals surface area contributed by atoms with Gasteiger partial charge in [0.15, 0.2) is 17.6 Å². The van der Waals surface area contributed by atoms with E-state index in [1.165, 1.54) is 22.9 Å². The molecule has 0 bridgehead atoms. The van der Waals surface area contributed by atoms with Crippen molar-refractivity contribution in [3.05, 3.63) is 63.9 Å². The SMILES string of the molecule is O=C(Nc1nc2ccc(OC(F)F)cc2s1)c1ccn(COc2ccc(Cl)cc2Br)n1. The molecule has 4 aromatic rings. The molecule has 7 nitrogen and oxygen atoms in total. The van der Waals surface area contributed by atoms with Gasteiger partial charge in [0, 0.05) is 11.2 Å². The van der Waals surface area contributed by atoms with E-state index in [0.29, 0.717) is 30.6 Å². The minimum absolute atomic E-state index is 0.0232. The highest BCUT2D eigenvalue weighted by molar-refractivity contribution is 9.10. The first-order valence-corrected chi connectivity index (χ1v) is 10.6. The maximum atomic E-state index is 12.5. The molecule has 0 atom stereocenters. The van der Waals surface area contributed by atoms with E-state index in [1.807, 2.05) is 0 Å². The van der Waals surface area contributed by atoms with Crippen LogP contribution in [0.15, 0.2) is 53.1 Å². The highest BCUT2D eigenvalue weighted by atomic mass is 79.9. The number of nitrogens with one attached hydrogen (secondary N) is 1. The number of hydrogen-bond acceptors (Lipinski definition) is 6. The number of rotatable bonds is 7. The Hall–Kier alpha value is -2.76. The number of amides is 1. The zero-order valence-electron chi connectivity index (χ0n) is 15.4. The average Bonchev–Trinajstić information content (AvgIpc) is 3.33. The van der Waals surface area contributed by atoms with Gasteiger partial charge in [0.05, 0.1) is 14.7 Å². The molecule has 0 aliphatic rings. The molecule has 0 saturated carbocycles. The first-order chi connectivity index (χ1) is 14.9. The predicted molar refractivity (Wildman–Crippen MR) is 116 cm³/mol. The standard InChI is InChI=1S/C19H12BrClF2N4O3S/c20-12-7-10(21)1-4-15(12)29-9-27-6-5-14(26-27)17(28)25-19-24-13-3-2-11(30-18(22)23)8-16(13)31-19/h1-8,18H,9H2,(H,24,25,28). The van der Waals surface area contributed by atoms with Crippen molar-refractivity contribution in [2.45, 2.75) is 13.3 Å². The highest BCUT2D eigenvalue weighted by Crippen LogP contribution is 2.30. The van der Waals surface area contributed by atoms with E-state index in [9.17, 15) is 13.6 Å². The van der Waals surface area contributed by atoms with Crippen LogP contribution in [0, 0.1) is 0 Å². The molecule has 0 spiro atoms. The van der Waals surface area contributed by atoms with Crippen LogP contribution in [-0.2, 0) is 6.73 Å². The van der Waals surface area contributed by atoms with Crippen molar-refractivity contribution < 1.29 is 23.0 Å². The largest absolute Gasteiger partial charge is 0.470 e. The maximum Gasteiger partial charge on any atom is 0.387 e. The number of alkyl halides is 2. The number of hydrogen-bond donors (Lipinski definition) is 1. The number of nitrogens with zero attached hydrogens (tertiary/aromatic N) is 3. The molecule has 1 amide bonds. The molecule has 0 fully saturated rings. The van der Waals surface area contributed by atoms with Crippen LogP contribution < -0.4 is 14.8 Å². The topological polar surface area (TPSA) is 78.3 Å². The minimum atomic E-state index is -2.91. The van der Waals surface area contributed by atoms with Gasteiger partial charge in [0.2, 0.25) is 0 Å². The molecule has 0 aliphatic carbocycles. The summed E-state index contributed by atoms with van der Waals surface area (Å²) in [6.45, 7) is -2.83. The number of halogens is 4. The summed E-state index contributed by atoms with van der Waals surface area (Å²) in [6.07, 6.45) is 1.60. The molecule has 2 aromatic heterocycles. The molecular formula is C19H12BrClF2N4O3S. The molecule has 0 radical (unpaired) electrons.